The molecular weight excluding hydrogens is 1040 g/mol. The number of imidazole rings is 2. The van der Waals surface area contributed by atoms with Gasteiger partial charge in [0, 0.05) is 23.4 Å². The van der Waals surface area contributed by atoms with Gasteiger partial charge in [-0.15, -0.1) is 16.7 Å². The summed E-state index contributed by atoms with van der Waals surface area (Å²) in [6, 6.07) is 24.3. The van der Waals surface area contributed by atoms with Gasteiger partial charge in [0.05, 0.1) is 73.6 Å². The molecule has 6 heterocycles. The van der Waals surface area contributed by atoms with Crippen molar-refractivity contribution in [3.63, 3.8) is 0 Å². The maximum Gasteiger partial charge on any atom is 0.417 e. The van der Waals surface area contributed by atoms with Crippen LogP contribution in [0.5, 0.6) is 0 Å². The molecule has 0 fully saturated rings. The van der Waals surface area contributed by atoms with E-state index in [0.717, 1.165) is 23.2 Å². The van der Waals surface area contributed by atoms with Crippen LogP contribution in [0.1, 0.15) is 33.6 Å². The molecule has 0 bridgehead atoms. The Kier molecular flexibility index (Phi) is 15.0. The highest BCUT2D eigenvalue weighted by Crippen LogP contribution is 2.42. The van der Waals surface area contributed by atoms with E-state index in [1.54, 1.807) is 77.9 Å². The molecule has 2 N–H and O–H groups in total. The molecule has 75 heavy (non-hydrogen) atoms. The average molecular weight is 1070 g/mol. The van der Waals surface area contributed by atoms with Crippen LogP contribution in [0.15, 0.2) is 146 Å². The number of pyridine rings is 2. The summed E-state index contributed by atoms with van der Waals surface area (Å²) in [7, 11) is 0. The van der Waals surface area contributed by atoms with Gasteiger partial charge in [0.25, 0.3) is 0 Å². The largest absolute Gasteiger partial charge is 0.417 e. The van der Waals surface area contributed by atoms with Crippen LogP contribution in [0, 0.1) is 11.6 Å². The lowest BCUT2D eigenvalue weighted by atomic mass is 10.00. The van der Waals surface area contributed by atoms with Crippen LogP contribution >= 0.6 is 11.6 Å². The Morgan fingerprint density at radius 1 is 0.480 bits per heavy atom. The van der Waals surface area contributed by atoms with Gasteiger partial charge in [0.15, 0.2) is 18.9 Å². The van der Waals surface area contributed by atoms with Gasteiger partial charge in [-0.1, -0.05) is 36.4 Å². The minimum Gasteiger partial charge on any atom is -0.337 e. The number of benzene rings is 4. The Bertz CT molecular complexity index is 3580. The third kappa shape index (κ3) is 12.5. The second-order valence-corrected chi connectivity index (χ2v) is 16.2. The van der Waals surface area contributed by atoms with Gasteiger partial charge in [-0.2, -0.15) is 72.5 Å². The van der Waals surface area contributed by atoms with E-state index in [2.05, 4.69) is 45.3 Å². The molecule has 0 saturated carbocycles. The second-order valence-electron chi connectivity index (χ2n) is 15.9. The summed E-state index contributed by atoms with van der Waals surface area (Å²) in [6.45, 7) is 0.191. The lowest BCUT2D eigenvalue weighted by Crippen LogP contribution is -2.33. The molecule has 384 valence electrons. The number of H-pyrrole nitrogens is 2. The van der Waals surface area contributed by atoms with Gasteiger partial charge in [0.2, 0.25) is 0 Å². The number of fused-ring (bicyclic) bond motifs is 2. The molecule has 0 aliphatic rings. The maximum absolute atomic E-state index is 14.1. The molecule has 0 radical (unpaired) electrons. The fourth-order valence-electron chi connectivity index (χ4n) is 7.22. The fourth-order valence-corrected chi connectivity index (χ4v) is 7.37. The van der Waals surface area contributed by atoms with E-state index in [1.165, 1.54) is 36.4 Å². The molecule has 0 atom stereocenters. The third-order valence-corrected chi connectivity index (χ3v) is 11.1. The predicted molar refractivity (Wildman–Crippen MR) is 245 cm³/mol. The van der Waals surface area contributed by atoms with Gasteiger partial charge >= 0.3 is 24.7 Å². The number of alkyl halides is 13. The first-order chi connectivity index (χ1) is 35.5. The summed E-state index contributed by atoms with van der Waals surface area (Å²) in [5.74, 6) is 0.195. The molecule has 0 amide bonds. The normalized spacial score (nSPS) is 12.0. The van der Waals surface area contributed by atoms with E-state index in [0.29, 0.717) is 57.3 Å². The molecule has 6 aromatic heterocycles. The molecule has 4 aromatic carbocycles. The van der Waals surface area contributed by atoms with Crippen LogP contribution in [0.4, 0.5) is 61.5 Å². The van der Waals surface area contributed by atoms with E-state index in [-0.39, 0.29) is 41.8 Å². The van der Waals surface area contributed by atoms with Gasteiger partial charge in [-0.3, -0.25) is 4.98 Å². The molecule has 0 unspecified atom stereocenters. The van der Waals surface area contributed by atoms with Crippen molar-refractivity contribution < 1.29 is 66.0 Å². The summed E-state index contributed by atoms with van der Waals surface area (Å²) in [6.07, 6.45) is -13.0. The van der Waals surface area contributed by atoms with Crippen molar-refractivity contribution in [2.75, 3.05) is 0 Å². The number of rotatable bonds is 7. The van der Waals surface area contributed by atoms with Crippen molar-refractivity contribution in [3.05, 3.63) is 191 Å². The molecule has 0 saturated heterocycles. The first-order valence-electron chi connectivity index (χ1n) is 21.4. The fraction of sp³-hybridized carbons (Fsp3) is 0.120. The molecule has 10 aromatic rings. The highest BCUT2D eigenvalue weighted by atomic mass is 35.5. The Balaban J connectivity index is 0.000000166. The predicted octanol–water partition coefficient (Wildman–Crippen LogP) is 13.9. The van der Waals surface area contributed by atoms with E-state index in [9.17, 15) is 61.5 Å². The molecule has 0 aliphatic carbocycles. The quantitative estimate of drug-likeness (QED) is 0.0925. The molecule has 0 aliphatic heterocycles. The number of hydrogen-bond donors (Lipinski definition) is 2. The Labute approximate surface area is 417 Å². The summed E-state index contributed by atoms with van der Waals surface area (Å²) < 4.78 is 185. The first-order valence-corrected chi connectivity index (χ1v) is 22.0. The van der Waals surface area contributed by atoms with Crippen LogP contribution in [-0.2, 0) is 37.1 Å². The topological polar surface area (TPSA) is 126 Å². The Morgan fingerprint density at radius 3 is 1.40 bits per heavy atom. The highest BCUT2D eigenvalue weighted by molar-refractivity contribution is 6.16. The summed E-state index contributed by atoms with van der Waals surface area (Å²) in [5.41, 5.74) is -2.73. The number of aromatic nitrogens is 10. The number of aromatic amines is 2. The zero-order valence-corrected chi connectivity index (χ0v) is 38.3. The van der Waals surface area contributed by atoms with Crippen LogP contribution < -0.4 is 4.57 Å². The van der Waals surface area contributed by atoms with Crippen molar-refractivity contribution >= 4 is 33.7 Å². The summed E-state index contributed by atoms with van der Waals surface area (Å²) in [5, 5.41) is 14.9. The van der Waals surface area contributed by atoms with Gasteiger partial charge in [0.1, 0.15) is 40.0 Å². The summed E-state index contributed by atoms with van der Waals surface area (Å²) >= 11 is 5.49. The molecule has 10 rings (SSSR count). The molecule has 0 spiro atoms. The maximum atomic E-state index is 14.1. The Morgan fingerprint density at radius 2 is 0.960 bits per heavy atom. The Hall–Kier alpha value is -8.41. The van der Waals surface area contributed by atoms with E-state index in [1.807, 2.05) is 0 Å². The van der Waals surface area contributed by atoms with Crippen LogP contribution in [0.25, 0.3) is 67.4 Å². The zero-order valence-electron chi connectivity index (χ0n) is 37.5. The lowest BCUT2D eigenvalue weighted by molar-refractivity contribution is -0.687. The number of halogens is 15. The standard InChI is InChI=1S/C25H14F7N5.C13H7ClF6N2.C12H8FN3/c26-19-4-2-1-3-17(19)23-33-21-9-10-37(13-22(21)34-23)12-15-6-8-20(36-35-15)16-7-5-14(24(27,28)29)11-18(16)25(30,31)32;14-6-8-2-4-11(22-21-8)9-3-1-7(12(15,16)17)5-10(9)13(18,19)20;13-9-4-2-1-3-8(9)12-15-10-5-6-14-7-11(10)16-12/h1-11,13H,12H2;1-5H,6H2;1-7H,(H,15,16)/p+1. The first kappa shape index (κ1) is 52.9. The van der Waals surface area contributed by atoms with E-state index < -0.39 is 63.9 Å². The third-order valence-electron chi connectivity index (χ3n) is 10.8. The SMILES string of the molecule is FC(F)(F)c1ccc(-c2ccc(CCl)nn2)c(C(F)(F)F)c1.Fc1ccccc1-c1nc2cc[n+](Cc3ccc(-c4ccc(C(F)(F)F)cc4C(F)(F)F)nn3)cc2[nH]1.Fc1ccccc1-c1nc2ccncc2[nH]1. The van der Waals surface area contributed by atoms with Gasteiger partial charge in [-0.25, -0.2) is 18.7 Å². The second kappa shape index (κ2) is 21.2. The van der Waals surface area contributed by atoms with Crippen LogP contribution in [-0.4, -0.2) is 45.3 Å². The minimum atomic E-state index is -5.02. The van der Waals surface area contributed by atoms with E-state index >= 15 is 0 Å². The number of hydrogen-bond acceptors (Lipinski definition) is 7. The number of nitrogens with one attached hydrogen (secondary N) is 2. The average Bonchev–Trinajstić information content (AvgIpc) is 4.01. The highest BCUT2D eigenvalue weighted by Gasteiger charge is 2.40. The molecule has 10 nitrogen and oxygen atoms in total. The van der Waals surface area contributed by atoms with Crippen LogP contribution in [0.2, 0.25) is 0 Å². The van der Waals surface area contributed by atoms with E-state index in [4.69, 9.17) is 11.6 Å². The van der Waals surface area contributed by atoms with Crippen molar-refractivity contribution in [1.82, 2.24) is 45.3 Å². The zero-order chi connectivity index (χ0) is 53.9. The molecular formula is C50H30ClF14N10+. The van der Waals surface area contributed by atoms with Gasteiger partial charge in [-0.05, 0) is 78.9 Å². The lowest BCUT2D eigenvalue weighted by Gasteiger charge is -2.15. The monoisotopic (exact) mass is 1070 g/mol. The summed E-state index contributed by atoms with van der Waals surface area (Å²) in [4.78, 5) is 18.8. The smallest absolute Gasteiger partial charge is 0.337 e. The number of nitrogens with zero attached hydrogens (tertiary/aromatic N) is 8. The minimum absolute atomic E-state index is 0.0203. The van der Waals surface area contributed by atoms with Crippen molar-refractivity contribution in [3.8, 4) is 45.3 Å². The van der Waals surface area contributed by atoms with Crippen molar-refractivity contribution in [2.24, 2.45) is 0 Å². The van der Waals surface area contributed by atoms with Gasteiger partial charge < -0.3 is 9.97 Å². The van der Waals surface area contributed by atoms with Crippen LogP contribution in [0.3, 0.4) is 0 Å². The molecule has 25 heteroatoms. The van der Waals surface area contributed by atoms with Crippen molar-refractivity contribution in [1.29, 1.82) is 0 Å². The van der Waals surface area contributed by atoms with Crippen molar-refractivity contribution in [2.45, 2.75) is 37.1 Å².